The third-order valence-corrected chi connectivity index (χ3v) is 3.12. The van der Waals surface area contributed by atoms with Gasteiger partial charge in [-0.05, 0) is 12.1 Å². The molecule has 2 heterocycles. The molecule has 0 saturated heterocycles. The molecule has 3 rings (SSSR count). The summed E-state index contributed by atoms with van der Waals surface area (Å²) in [5, 5.41) is 31.3. The van der Waals surface area contributed by atoms with E-state index in [2.05, 4.69) is 20.5 Å². The minimum absolute atomic E-state index is 0.0472. The van der Waals surface area contributed by atoms with E-state index in [0.29, 0.717) is 5.69 Å². The van der Waals surface area contributed by atoms with Crippen LogP contribution in [0.4, 0.5) is 17.4 Å². The number of aromatic nitrogens is 3. The predicted octanol–water partition coefficient (Wildman–Crippen LogP) is 2.20. The van der Waals surface area contributed by atoms with Crippen LogP contribution in [-0.2, 0) is 0 Å². The fourth-order valence-corrected chi connectivity index (χ4v) is 1.97. The zero-order valence-corrected chi connectivity index (χ0v) is 12.7. The molecule has 12 nitrogen and oxygen atoms in total. The Morgan fingerprint density at radius 1 is 1.04 bits per heavy atom. The second-order valence-corrected chi connectivity index (χ2v) is 4.83. The molecule has 0 unspecified atom stereocenters. The molecule has 0 radical (unpaired) electrons. The fourth-order valence-electron chi connectivity index (χ4n) is 1.97. The number of non-ortho nitro benzene ring substituents is 2. The van der Waals surface area contributed by atoms with Gasteiger partial charge in [0.15, 0.2) is 0 Å². The first-order valence-electron chi connectivity index (χ1n) is 6.94. The summed E-state index contributed by atoms with van der Waals surface area (Å²) in [4.78, 5) is 36.3. The van der Waals surface area contributed by atoms with Crippen LogP contribution in [0, 0.1) is 20.2 Å². The summed E-state index contributed by atoms with van der Waals surface area (Å²) in [5.74, 6) is -0.834. The van der Waals surface area contributed by atoms with Crippen LogP contribution in [0.5, 0.6) is 0 Å². The van der Waals surface area contributed by atoms with E-state index in [0.717, 1.165) is 18.2 Å². The lowest BCUT2D eigenvalue weighted by Gasteiger charge is -2.01. The molecule has 0 aliphatic rings. The normalized spacial score (nSPS) is 10.3. The van der Waals surface area contributed by atoms with Crippen molar-refractivity contribution in [2.24, 2.45) is 0 Å². The van der Waals surface area contributed by atoms with Crippen LogP contribution >= 0.6 is 0 Å². The smallest absolute Gasteiger partial charge is 0.322 e. The SMILES string of the molecule is O=C(Nc1nnc(-c2ccccn2)o1)c1cc([N+](=O)[O-])cc([N+](=O)[O-])c1. The van der Waals surface area contributed by atoms with Crippen LogP contribution in [0.1, 0.15) is 10.4 Å². The fraction of sp³-hybridized carbons (Fsp3) is 0. The highest BCUT2D eigenvalue weighted by molar-refractivity contribution is 6.04. The lowest BCUT2D eigenvalue weighted by atomic mass is 10.1. The topological polar surface area (TPSA) is 167 Å². The maximum absolute atomic E-state index is 12.2. The van der Waals surface area contributed by atoms with E-state index in [1.54, 1.807) is 18.2 Å². The van der Waals surface area contributed by atoms with Gasteiger partial charge in [0.1, 0.15) is 5.69 Å². The lowest BCUT2D eigenvalue weighted by molar-refractivity contribution is -0.394. The Labute approximate surface area is 143 Å². The van der Waals surface area contributed by atoms with Crippen LogP contribution in [-0.4, -0.2) is 30.9 Å². The Bertz CT molecular complexity index is 970. The molecule has 0 spiro atoms. The van der Waals surface area contributed by atoms with Gasteiger partial charge in [0.05, 0.1) is 21.5 Å². The van der Waals surface area contributed by atoms with Crippen molar-refractivity contribution in [2.75, 3.05) is 5.32 Å². The maximum atomic E-state index is 12.2. The molecule has 2 aromatic heterocycles. The van der Waals surface area contributed by atoms with Crippen LogP contribution in [0.25, 0.3) is 11.6 Å². The number of nitrogens with zero attached hydrogens (tertiary/aromatic N) is 5. The Morgan fingerprint density at radius 3 is 2.31 bits per heavy atom. The lowest BCUT2D eigenvalue weighted by Crippen LogP contribution is -2.13. The van der Waals surface area contributed by atoms with Crippen molar-refractivity contribution in [1.29, 1.82) is 0 Å². The molecule has 0 aliphatic carbocycles. The predicted molar refractivity (Wildman–Crippen MR) is 85.2 cm³/mol. The van der Waals surface area contributed by atoms with Gasteiger partial charge in [-0.25, -0.2) is 0 Å². The van der Waals surface area contributed by atoms with E-state index < -0.39 is 27.1 Å². The molecule has 0 saturated carbocycles. The molecular weight excluding hydrogens is 348 g/mol. The summed E-state index contributed by atoms with van der Waals surface area (Å²) in [6, 6.07) is 7.28. The Kier molecular flexibility index (Phi) is 4.30. The Morgan fingerprint density at radius 2 is 1.73 bits per heavy atom. The van der Waals surface area contributed by atoms with Crippen LogP contribution < -0.4 is 5.32 Å². The van der Waals surface area contributed by atoms with Crippen molar-refractivity contribution in [3.8, 4) is 11.6 Å². The third-order valence-electron chi connectivity index (χ3n) is 3.12. The van der Waals surface area contributed by atoms with Gasteiger partial charge >= 0.3 is 6.01 Å². The van der Waals surface area contributed by atoms with E-state index in [1.807, 2.05) is 0 Å². The van der Waals surface area contributed by atoms with Crippen LogP contribution in [0.2, 0.25) is 0 Å². The average Bonchev–Trinajstić information content (AvgIpc) is 3.10. The number of hydrogen-bond acceptors (Lipinski definition) is 9. The van der Waals surface area contributed by atoms with Crippen molar-refractivity contribution >= 4 is 23.3 Å². The van der Waals surface area contributed by atoms with Gasteiger partial charge in [-0.2, -0.15) is 0 Å². The first kappa shape index (κ1) is 16.6. The number of rotatable bonds is 5. The van der Waals surface area contributed by atoms with Gasteiger partial charge in [-0.3, -0.25) is 35.3 Å². The molecule has 3 aromatic rings. The highest BCUT2D eigenvalue weighted by Gasteiger charge is 2.21. The number of carbonyl (C=O) groups is 1. The molecule has 26 heavy (non-hydrogen) atoms. The van der Waals surface area contributed by atoms with Gasteiger partial charge in [0, 0.05) is 18.3 Å². The highest BCUT2D eigenvalue weighted by atomic mass is 16.6. The summed E-state index contributed by atoms with van der Waals surface area (Å²) >= 11 is 0. The first-order chi connectivity index (χ1) is 12.4. The van der Waals surface area contributed by atoms with Gasteiger partial charge in [-0.15, -0.1) is 5.10 Å². The van der Waals surface area contributed by atoms with Crippen molar-refractivity contribution in [3.05, 3.63) is 68.4 Å². The first-order valence-corrected chi connectivity index (χ1v) is 6.94. The summed E-state index contributed by atoms with van der Waals surface area (Å²) in [7, 11) is 0. The number of anilines is 1. The molecule has 12 heteroatoms. The monoisotopic (exact) mass is 356 g/mol. The van der Waals surface area contributed by atoms with Crippen molar-refractivity contribution in [1.82, 2.24) is 15.2 Å². The number of nitro groups is 2. The molecular formula is C14H8N6O6. The number of nitrogens with one attached hydrogen (secondary N) is 1. The van der Waals surface area contributed by atoms with Crippen molar-refractivity contribution in [2.45, 2.75) is 0 Å². The van der Waals surface area contributed by atoms with Gasteiger partial charge < -0.3 is 4.42 Å². The highest BCUT2D eigenvalue weighted by Crippen LogP contribution is 2.24. The summed E-state index contributed by atoms with van der Waals surface area (Å²) in [6.07, 6.45) is 1.51. The molecule has 1 aromatic carbocycles. The number of benzene rings is 1. The summed E-state index contributed by atoms with van der Waals surface area (Å²) in [5.41, 5.74) is -1.11. The Balaban J connectivity index is 1.85. The van der Waals surface area contributed by atoms with E-state index in [1.165, 1.54) is 6.20 Å². The quantitative estimate of drug-likeness (QED) is 0.532. The molecule has 0 bridgehead atoms. The van der Waals surface area contributed by atoms with Gasteiger partial charge in [0.25, 0.3) is 23.2 Å². The maximum Gasteiger partial charge on any atom is 0.322 e. The molecule has 1 N–H and O–H groups in total. The number of hydrogen-bond donors (Lipinski definition) is 1. The van der Waals surface area contributed by atoms with Crippen molar-refractivity contribution in [3.63, 3.8) is 0 Å². The number of carbonyl (C=O) groups excluding carboxylic acids is 1. The van der Waals surface area contributed by atoms with Gasteiger partial charge in [0.2, 0.25) is 0 Å². The molecule has 130 valence electrons. The molecule has 0 aliphatic heterocycles. The van der Waals surface area contributed by atoms with E-state index in [9.17, 15) is 25.0 Å². The average molecular weight is 356 g/mol. The van der Waals surface area contributed by atoms with Crippen LogP contribution in [0.15, 0.2) is 47.0 Å². The Hall–Kier alpha value is -4.22. The summed E-state index contributed by atoms with van der Waals surface area (Å²) < 4.78 is 5.23. The van der Waals surface area contributed by atoms with E-state index >= 15 is 0 Å². The van der Waals surface area contributed by atoms with Gasteiger partial charge in [-0.1, -0.05) is 11.2 Å². The van der Waals surface area contributed by atoms with E-state index in [-0.39, 0.29) is 17.5 Å². The number of nitro benzene ring substituents is 2. The second-order valence-electron chi connectivity index (χ2n) is 4.83. The minimum Gasteiger partial charge on any atom is -0.401 e. The zero-order chi connectivity index (χ0) is 18.7. The largest absolute Gasteiger partial charge is 0.401 e. The molecule has 1 amide bonds. The standard InChI is InChI=1S/C14H8N6O6/c21-12(8-5-9(19(22)23)7-10(6-8)20(24)25)16-14-18-17-13(26-14)11-3-1-2-4-15-11/h1-7H,(H,16,18,21). The van der Waals surface area contributed by atoms with Crippen LogP contribution in [0.3, 0.4) is 0 Å². The summed E-state index contributed by atoms with van der Waals surface area (Å²) in [6.45, 7) is 0. The zero-order valence-electron chi connectivity index (χ0n) is 12.7. The minimum atomic E-state index is -0.881. The number of amides is 1. The third kappa shape index (κ3) is 3.48. The van der Waals surface area contributed by atoms with Crippen molar-refractivity contribution < 1.29 is 19.1 Å². The molecule has 0 fully saturated rings. The van der Waals surface area contributed by atoms with E-state index in [4.69, 9.17) is 4.42 Å². The number of pyridine rings is 1. The molecule has 0 atom stereocenters. The second kappa shape index (κ2) is 6.72.